The van der Waals surface area contributed by atoms with Crippen molar-refractivity contribution in [3.63, 3.8) is 0 Å². The Bertz CT molecular complexity index is 676. The Kier molecular flexibility index (Phi) is 3.70. The van der Waals surface area contributed by atoms with Crippen LogP contribution in [0.3, 0.4) is 0 Å². The summed E-state index contributed by atoms with van der Waals surface area (Å²) in [6.45, 7) is -0.700. The van der Waals surface area contributed by atoms with E-state index in [0.717, 1.165) is 0 Å². The molecule has 0 radical (unpaired) electrons. The highest BCUT2D eigenvalue weighted by molar-refractivity contribution is 6.51. The van der Waals surface area contributed by atoms with Gasteiger partial charge in [0, 0.05) is 5.69 Å². The van der Waals surface area contributed by atoms with Crippen LogP contribution in [0.2, 0.25) is 0 Å². The molecule has 0 bridgehead atoms. The third-order valence-electron chi connectivity index (χ3n) is 2.68. The van der Waals surface area contributed by atoms with E-state index >= 15 is 0 Å². The number of carbonyl (C=O) groups is 3. The van der Waals surface area contributed by atoms with Crippen LogP contribution in [0, 0.1) is 0 Å². The smallest absolute Gasteiger partial charge is 0.357 e. The lowest BCUT2D eigenvalue weighted by Crippen LogP contribution is -2.28. The number of carboxylic acids is 2. The second-order valence-corrected chi connectivity index (χ2v) is 4.23. The van der Waals surface area contributed by atoms with Gasteiger partial charge in [0.15, 0.2) is 5.71 Å². The molecular weight excluding hydrogens is 278 g/mol. The molecule has 1 aromatic carbocycles. The van der Waals surface area contributed by atoms with Crippen molar-refractivity contribution < 1.29 is 24.6 Å². The summed E-state index contributed by atoms with van der Waals surface area (Å²) in [6.07, 6.45) is 1.33. The van der Waals surface area contributed by atoms with Gasteiger partial charge in [-0.25, -0.2) is 9.80 Å². The van der Waals surface area contributed by atoms with Gasteiger partial charge in [0.1, 0.15) is 6.54 Å². The van der Waals surface area contributed by atoms with Gasteiger partial charge >= 0.3 is 11.9 Å². The van der Waals surface area contributed by atoms with Crippen molar-refractivity contribution in [2.24, 2.45) is 5.10 Å². The third kappa shape index (κ3) is 3.06. The van der Waals surface area contributed by atoms with Gasteiger partial charge in [0.2, 0.25) is 0 Å². The van der Waals surface area contributed by atoms with E-state index in [2.05, 4.69) is 5.10 Å². The summed E-state index contributed by atoms with van der Waals surface area (Å²) in [4.78, 5) is 33.8. The highest BCUT2D eigenvalue weighted by atomic mass is 16.4. The molecule has 0 atom stereocenters. The first kappa shape index (κ1) is 14.3. The Hall–Kier alpha value is -3.16. The van der Waals surface area contributed by atoms with Gasteiger partial charge < -0.3 is 15.9 Å². The van der Waals surface area contributed by atoms with Crippen molar-refractivity contribution in [2.75, 3.05) is 12.3 Å². The predicted molar refractivity (Wildman–Crippen MR) is 73.3 cm³/mol. The zero-order valence-electron chi connectivity index (χ0n) is 10.7. The molecule has 0 unspecified atom stereocenters. The average molecular weight is 289 g/mol. The summed E-state index contributed by atoms with van der Waals surface area (Å²) in [5.41, 5.74) is 5.95. The number of hydrazone groups is 1. The highest BCUT2D eigenvalue weighted by Crippen LogP contribution is 2.19. The first-order valence-corrected chi connectivity index (χ1v) is 5.81. The van der Waals surface area contributed by atoms with Crippen LogP contribution >= 0.6 is 0 Å². The van der Waals surface area contributed by atoms with E-state index in [0.29, 0.717) is 16.3 Å². The van der Waals surface area contributed by atoms with E-state index in [1.54, 1.807) is 24.3 Å². The lowest BCUT2D eigenvalue weighted by molar-refractivity contribution is -0.142. The van der Waals surface area contributed by atoms with Gasteiger partial charge in [-0.15, -0.1) is 0 Å². The van der Waals surface area contributed by atoms with E-state index < -0.39 is 30.1 Å². The van der Waals surface area contributed by atoms with Gasteiger partial charge in [0.05, 0.1) is 5.57 Å². The van der Waals surface area contributed by atoms with Crippen molar-refractivity contribution in [3.05, 3.63) is 35.4 Å². The van der Waals surface area contributed by atoms with Crippen molar-refractivity contribution in [3.8, 4) is 0 Å². The molecule has 0 aromatic heterocycles. The molecule has 4 N–H and O–H groups in total. The van der Waals surface area contributed by atoms with E-state index in [4.69, 9.17) is 15.9 Å². The number of benzene rings is 1. The molecule has 0 aliphatic carbocycles. The van der Waals surface area contributed by atoms with Crippen LogP contribution in [0.4, 0.5) is 5.69 Å². The number of carboxylic acid groups (broad SMARTS) is 2. The van der Waals surface area contributed by atoms with Gasteiger partial charge in [-0.3, -0.25) is 9.59 Å². The molecule has 1 amide bonds. The maximum Gasteiger partial charge on any atom is 0.357 e. The Labute approximate surface area is 118 Å². The highest BCUT2D eigenvalue weighted by Gasteiger charge is 2.35. The van der Waals surface area contributed by atoms with Crippen molar-refractivity contribution in [1.82, 2.24) is 5.01 Å². The summed E-state index contributed by atoms with van der Waals surface area (Å²) in [5.74, 6) is -3.46. The normalized spacial score (nSPS) is 16.2. The van der Waals surface area contributed by atoms with Crippen LogP contribution in [0.5, 0.6) is 0 Å². The number of hydrogen-bond acceptors (Lipinski definition) is 5. The monoisotopic (exact) mass is 289 g/mol. The number of nitrogens with two attached hydrogens (primary N) is 1. The number of carbonyl (C=O) groups excluding carboxylic acids is 1. The number of hydrogen-bond donors (Lipinski definition) is 3. The van der Waals surface area contributed by atoms with Crippen LogP contribution in [0.25, 0.3) is 6.08 Å². The summed E-state index contributed by atoms with van der Waals surface area (Å²) in [5, 5.41) is 21.9. The fourth-order valence-electron chi connectivity index (χ4n) is 1.74. The minimum atomic E-state index is -1.40. The lowest BCUT2D eigenvalue weighted by atomic mass is 10.1. The number of amides is 1. The maximum atomic E-state index is 12.0. The Morgan fingerprint density at radius 3 is 2.38 bits per heavy atom. The summed E-state index contributed by atoms with van der Waals surface area (Å²) in [7, 11) is 0. The number of rotatable bonds is 4. The Morgan fingerprint density at radius 2 is 1.86 bits per heavy atom. The molecule has 0 fully saturated rings. The van der Waals surface area contributed by atoms with Crippen LogP contribution < -0.4 is 5.73 Å². The first-order chi connectivity index (χ1) is 9.88. The first-order valence-electron chi connectivity index (χ1n) is 5.81. The van der Waals surface area contributed by atoms with Crippen LogP contribution in [0.15, 0.2) is 34.9 Å². The van der Waals surface area contributed by atoms with E-state index in [1.165, 1.54) is 6.08 Å². The summed E-state index contributed by atoms with van der Waals surface area (Å²) < 4.78 is 0. The topological polar surface area (TPSA) is 133 Å². The second-order valence-electron chi connectivity index (χ2n) is 4.23. The quantitative estimate of drug-likeness (QED) is 0.528. The molecular formula is C13H11N3O5. The van der Waals surface area contributed by atoms with Gasteiger partial charge in [-0.2, -0.15) is 5.10 Å². The number of aliphatic carboxylic acids is 2. The molecule has 8 nitrogen and oxygen atoms in total. The fraction of sp³-hybridized carbons (Fsp3) is 0.0769. The zero-order valence-corrected chi connectivity index (χ0v) is 10.7. The van der Waals surface area contributed by atoms with E-state index in [9.17, 15) is 14.4 Å². The molecule has 8 heteroatoms. The summed E-state index contributed by atoms with van der Waals surface area (Å²) >= 11 is 0. The molecule has 108 valence electrons. The van der Waals surface area contributed by atoms with Crippen LogP contribution in [-0.4, -0.2) is 45.3 Å². The largest absolute Gasteiger partial charge is 0.480 e. The predicted octanol–water partition coefficient (Wildman–Crippen LogP) is 0.0196. The molecule has 0 spiro atoms. The van der Waals surface area contributed by atoms with Crippen molar-refractivity contribution >= 4 is 35.3 Å². The molecule has 1 aliphatic heterocycles. The molecule has 2 rings (SSSR count). The maximum absolute atomic E-state index is 12.0. The standard InChI is InChI=1S/C13H11N3O5/c14-8-3-1-7(2-4-8)5-9-11(13(20)21)15-16(12(9)19)6-10(17)18/h1-5H,6,14H2,(H,17,18)(H,20,21). The molecule has 1 aromatic rings. The SMILES string of the molecule is Nc1ccc(C=C2C(=O)N(CC(=O)O)N=C2C(=O)O)cc1. The number of nitrogens with zero attached hydrogens (tertiary/aromatic N) is 2. The van der Waals surface area contributed by atoms with E-state index in [1.807, 2.05) is 0 Å². The van der Waals surface area contributed by atoms with Gasteiger partial charge in [-0.05, 0) is 23.8 Å². The Balaban J connectivity index is 2.39. The molecule has 1 heterocycles. The van der Waals surface area contributed by atoms with Crippen molar-refractivity contribution in [2.45, 2.75) is 0 Å². The van der Waals surface area contributed by atoms with Crippen LogP contribution in [-0.2, 0) is 14.4 Å². The zero-order chi connectivity index (χ0) is 15.6. The molecule has 1 aliphatic rings. The Morgan fingerprint density at radius 1 is 1.24 bits per heavy atom. The average Bonchev–Trinajstić information content (AvgIpc) is 2.70. The third-order valence-corrected chi connectivity index (χ3v) is 2.68. The minimum Gasteiger partial charge on any atom is -0.480 e. The molecule has 21 heavy (non-hydrogen) atoms. The van der Waals surface area contributed by atoms with Gasteiger partial charge in [-0.1, -0.05) is 12.1 Å². The number of anilines is 1. The lowest BCUT2D eigenvalue weighted by Gasteiger charge is -2.07. The van der Waals surface area contributed by atoms with E-state index in [-0.39, 0.29) is 5.57 Å². The second kappa shape index (κ2) is 5.45. The molecule has 0 saturated carbocycles. The fourth-order valence-corrected chi connectivity index (χ4v) is 1.74. The van der Waals surface area contributed by atoms with Gasteiger partial charge in [0.25, 0.3) is 5.91 Å². The summed E-state index contributed by atoms with van der Waals surface area (Å²) in [6, 6.07) is 6.40. The molecule has 0 saturated heterocycles. The van der Waals surface area contributed by atoms with Crippen LogP contribution in [0.1, 0.15) is 5.56 Å². The number of nitrogen functional groups attached to an aromatic ring is 1. The van der Waals surface area contributed by atoms with Crippen molar-refractivity contribution in [1.29, 1.82) is 0 Å². The minimum absolute atomic E-state index is 0.173.